The van der Waals surface area contributed by atoms with Crippen LogP contribution >= 0.6 is 11.8 Å². The van der Waals surface area contributed by atoms with Crippen LogP contribution in [0.2, 0.25) is 0 Å². The number of fused-ring (bicyclic) bond motifs is 1. The van der Waals surface area contributed by atoms with Crippen molar-refractivity contribution in [2.75, 3.05) is 28.8 Å². The van der Waals surface area contributed by atoms with Gasteiger partial charge in [-0.15, -0.1) is 0 Å². The van der Waals surface area contributed by atoms with Crippen molar-refractivity contribution in [3.8, 4) is 5.75 Å². The van der Waals surface area contributed by atoms with E-state index in [2.05, 4.69) is 27.4 Å². The smallest absolute Gasteiger partial charge is 0.408 e. The number of ether oxygens (including phenoxy) is 2. The highest BCUT2D eigenvalue weighted by molar-refractivity contribution is 7.98. The summed E-state index contributed by atoms with van der Waals surface area (Å²) in [5.74, 6) is 1.55. The Morgan fingerprint density at radius 2 is 1.86 bits per heavy atom. The summed E-state index contributed by atoms with van der Waals surface area (Å²) in [6, 6.07) is 10.9. The number of anilines is 3. The number of rotatable bonds is 9. The Morgan fingerprint density at radius 1 is 1.14 bits per heavy atom. The zero-order chi connectivity index (χ0) is 31.3. The Bertz CT molecular complexity index is 1460. The normalized spacial score (nSPS) is 15.3. The number of halogens is 1. The first-order chi connectivity index (χ1) is 20.3. The Labute approximate surface area is 257 Å². The number of esters is 1. The molecule has 1 unspecified atom stereocenters. The summed E-state index contributed by atoms with van der Waals surface area (Å²) < 4.78 is 24.5. The maximum atomic E-state index is 13.4. The summed E-state index contributed by atoms with van der Waals surface area (Å²) >= 11 is 1.58. The maximum absolute atomic E-state index is 13.4. The quantitative estimate of drug-likeness (QED) is 0.204. The van der Waals surface area contributed by atoms with E-state index in [0.717, 1.165) is 34.6 Å². The highest BCUT2D eigenvalue weighted by atomic mass is 32.2. The van der Waals surface area contributed by atoms with Gasteiger partial charge in [-0.25, -0.2) is 19.0 Å². The average Bonchev–Trinajstić information content (AvgIpc) is 2.93. The van der Waals surface area contributed by atoms with E-state index in [1.54, 1.807) is 50.7 Å². The predicted molar refractivity (Wildman–Crippen MR) is 169 cm³/mol. The van der Waals surface area contributed by atoms with Gasteiger partial charge < -0.3 is 25.0 Å². The number of amides is 1. The third kappa shape index (κ3) is 8.37. The van der Waals surface area contributed by atoms with Crippen molar-refractivity contribution in [1.29, 1.82) is 0 Å². The predicted octanol–water partition coefficient (Wildman–Crippen LogP) is 6.65. The van der Waals surface area contributed by atoms with Crippen molar-refractivity contribution < 1.29 is 23.5 Å². The molecular weight excluding hydrogens is 569 g/mol. The van der Waals surface area contributed by atoms with Gasteiger partial charge in [0.1, 0.15) is 29.0 Å². The third-order valence-electron chi connectivity index (χ3n) is 7.19. The summed E-state index contributed by atoms with van der Waals surface area (Å²) in [6.45, 7) is 12.1. The third-order valence-corrected chi connectivity index (χ3v) is 7.84. The number of benzene rings is 2. The van der Waals surface area contributed by atoms with Crippen LogP contribution in [0, 0.1) is 19.7 Å². The molecule has 4 rings (SSSR count). The minimum absolute atomic E-state index is 0.00309. The number of hydrogen-bond acceptors (Lipinski definition) is 9. The summed E-state index contributed by atoms with van der Waals surface area (Å²) in [6.07, 6.45) is 2.43. The number of carbonyl (C=O) groups excluding carboxylic acids is 2. The summed E-state index contributed by atoms with van der Waals surface area (Å²) in [7, 11) is 0. The number of aromatic nitrogens is 2. The number of nitrogens with one attached hydrogen (secondary N) is 2. The minimum Gasteiger partial charge on any atom is -0.444 e. The maximum Gasteiger partial charge on any atom is 0.408 e. The van der Waals surface area contributed by atoms with Crippen LogP contribution in [0.4, 0.5) is 26.6 Å². The molecule has 2 aromatic carbocycles. The van der Waals surface area contributed by atoms with E-state index in [1.807, 2.05) is 32.2 Å². The zero-order valence-corrected chi connectivity index (χ0v) is 26.6. The fourth-order valence-corrected chi connectivity index (χ4v) is 5.37. The van der Waals surface area contributed by atoms with Gasteiger partial charge in [0.25, 0.3) is 0 Å². The molecule has 230 valence electrons. The first-order valence-electron chi connectivity index (χ1n) is 14.3. The Hall–Kier alpha value is -3.86. The zero-order valence-electron chi connectivity index (χ0n) is 25.8. The van der Waals surface area contributed by atoms with Crippen molar-refractivity contribution in [3.05, 3.63) is 70.7 Å². The van der Waals surface area contributed by atoms with Gasteiger partial charge in [0.05, 0.1) is 6.04 Å². The molecule has 2 heterocycles. The monoisotopic (exact) mass is 609 g/mol. The Kier molecular flexibility index (Phi) is 10.2. The number of nitrogens with zero attached hydrogens (tertiary/aromatic N) is 3. The van der Waals surface area contributed by atoms with E-state index in [9.17, 15) is 14.0 Å². The lowest BCUT2D eigenvalue weighted by molar-refractivity contribution is -0.136. The Morgan fingerprint density at radius 3 is 2.53 bits per heavy atom. The standard InChI is InChI=1S/C32H40FN5O4S/c1-19-20(2)34-30(35-24-10-8-23(33)9-11-24)37-28(19)38-16-14-22-18-25(12-13-26(22)21(38)3)41-29(39)27(15-17-43-7)36-31(40)42-32(4,5)6/h8-13,18,21,27H,14-17H2,1-7H3,(H,36,40)(H,34,35,37)/t21?,27-/m0/s1. The van der Waals surface area contributed by atoms with E-state index >= 15 is 0 Å². The molecule has 0 saturated carbocycles. The van der Waals surface area contributed by atoms with Crippen LogP contribution in [-0.4, -0.2) is 52.2 Å². The lowest BCUT2D eigenvalue weighted by Gasteiger charge is -2.37. The molecule has 1 aromatic heterocycles. The van der Waals surface area contributed by atoms with E-state index in [-0.39, 0.29) is 11.9 Å². The van der Waals surface area contributed by atoms with Crippen molar-refractivity contribution >= 4 is 41.3 Å². The number of carbonyl (C=O) groups is 2. The molecule has 11 heteroatoms. The highest BCUT2D eigenvalue weighted by Gasteiger charge is 2.29. The molecule has 1 amide bonds. The van der Waals surface area contributed by atoms with Gasteiger partial charge >= 0.3 is 12.1 Å². The van der Waals surface area contributed by atoms with Crippen molar-refractivity contribution in [2.24, 2.45) is 0 Å². The summed E-state index contributed by atoms with van der Waals surface area (Å²) in [5.41, 5.74) is 4.06. The van der Waals surface area contributed by atoms with Crippen LogP contribution in [0.5, 0.6) is 5.75 Å². The van der Waals surface area contributed by atoms with Gasteiger partial charge in [-0.1, -0.05) is 6.07 Å². The number of alkyl carbamates (subject to hydrolysis) is 1. The van der Waals surface area contributed by atoms with Crippen molar-refractivity contribution in [2.45, 2.75) is 72.1 Å². The molecule has 1 aliphatic heterocycles. The van der Waals surface area contributed by atoms with E-state index in [1.165, 1.54) is 12.1 Å². The molecule has 9 nitrogen and oxygen atoms in total. The summed E-state index contributed by atoms with van der Waals surface area (Å²) in [5, 5.41) is 5.85. The molecule has 2 N–H and O–H groups in total. The van der Waals surface area contributed by atoms with Crippen LogP contribution in [0.25, 0.3) is 0 Å². The van der Waals surface area contributed by atoms with Gasteiger partial charge in [-0.05, 0) is 114 Å². The topological polar surface area (TPSA) is 106 Å². The van der Waals surface area contributed by atoms with Gasteiger partial charge in [0.15, 0.2) is 0 Å². The number of aryl methyl sites for hydroxylation is 1. The number of thioether (sulfide) groups is 1. The SMILES string of the molecule is CSCC[C@H](NC(=O)OC(C)(C)C)C(=O)Oc1ccc2c(c1)CCN(c1nc(Nc3ccc(F)cc3)nc(C)c1C)C2C. The largest absolute Gasteiger partial charge is 0.444 e. The molecule has 0 spiro atoms. The van der Waals surface area contributed by atoms with Crippen LogP contribution in [0.1, 0.15) is 62.5 Å². The van der Waals surface area contributed by atoms with Gasteiger partial charge in [0.2, 0.25) is 5.95 Å². The summed E-state index contributed by atoms with van der Waals surface area (Å²) in [4.78, 5) is 37.1. The van der Waals surface area contributed by atoms with Crippen molar-refractivity contribution in [3.63, 3.8) is 0 Å². The molecule has 0 fully saturated rings. The lowest BCUT2D eigenvalue weighted by atomic mass is 9.93. The van der Waals surface area contributed by atoms with Crippen LogP contribution in [0.3, 0.4) is 0 Å². The lowest BCUT2D eigenvalue weighted by Crippen LogP contribution is -2.45. The Balaban J connectivity index is 1.49. The van der Waals surface area contributed by atoms with E-state index in [4.69, 9.17) is 14.5 Å². The van der Waals surface area contributed by atoms with E-state index < -0.39 is 23.7 Å². The second-order valence-electron chi connectivity index (χ2n) is 11.6. The van der Waals surface area contributed by atoms with Crippen LogP contribution in [0.15, 0.2) is 42.5 Å². The molecule has 3 aromatic rings. The fourth-order valence-electron chi connectivity index (χ4n) is 4.89. The first-order valence-corrected chi connectivity index (χ1v) is 15.7. The average molecular weight is 610 g/mol. The number of hydrogen-bond donors (Lipinski definition) is 2. The van der Waals surface area contributed by atoms with E-state index in [0.29, 0.717) is 36.1 Å². The molecule has 1 aliphatic rings. The molecule has 0 radical (unpaired) electrons. The molecule has 0 aliphatic carbocycles. The van der Waals surface area contributed by atoms with Crippen LogP contribution < -0.4 is 20.3 Å². The van der Waals surface area contributed by atoms with Gasteiger partial charge in [0, 0.05) is 23.5 Å². The minimum atomic E-state index is -0.825. The van der Waals surface area contributed by atoms with Crippen molar-refractivity contribution in [1.82, 2.24) is 15.3 Å². The molecular formula is C32H40FN5O4S. The molecule has 2 atom stereocenters. The highest BCUT2D eigenvalue weighted by Crippen LogP contribution is 2.36. The second-order valence-corrected chi connectivity index (χ2v) is 12.6. The fraction of sp³-hybridized carbons (Fsp3) is 0.438. The molecule has 43 heavy (non-hydrogen) atoms. The first kappa shape index (κ1) is 32.1. The van der Waals surface area contributed by atoms with Gasteiger partial charge in [-0.3, -0.25) is 0 Å². The van der Waals surface area contributed by atoms with Gasteiger partial charge in [-0.2, -0.15) is 16.7 Å². The van der Waals surface area contributed by atoms with Crippen LogP contribution in [-0.2, 0) is 16.0 Å². The molecule has 0 saturated heterocycles. The molecule has 0 bridgehead atoms. The second kappa shape index (κ2) is 13.6.